The summed E-state index contributed by atoms with van der Waals surface area (Å²) in [5.41, 5.74) is -0.604. The van der Waals surface area contributed by atoms with Gasteiger partial charge in [0.2, 0.25) is 0 Å². The second-order valence-corrected chi connectivity index (χ2v) is 7.39. The van der Waals surface area contributed by atoms with Gasteiger partial charge in [-0.05, 0) is 44.9 Å². The Hall–Kier alpha value is -0.120. The van der Waals surface area contributed by atoms with Crippen molar-refractivity contribution in [3.8, 4) is 0 Å². The Labute approximate surface area is 175 Å². The van der Waals surface area contributed by atoms with E-state index in [9.17, 15) is 5.11 Å². The quantitative estimate of drug-likeness (QED) is 0.204. The van der Waals surface area contributed by atoms with Crippen molar-refractivity contribution < 1.29 is 14.6 Å². The first kappa shape index (κ1) is 23.9. The molecule has 1 saturated carbocycles. The molecule has 0 atom stereocenters. The predicted molar refractivity (Wildman–Crippen MR) is 116 cm³/mol. The highest BCUT2D eigenvalue weighted by atomic mass is 127. The van der Waals surface area contributed by atoms with Gasteiger partial charge in [0.25, 0.3) is 0 Å². The molecule has 0 aromatic carbocycles. The standard InChI is InChI=1S/C19H37N3O3.HI/c1-2-20-18(22-16-19(23)9-4-3-5-10-19)21-11-6-12-25-15-17-7-13-24-14-8-17;/h17,23H,2-16H2,1H3,(H2,20,21,22);1H. The number of halogens is 1. The van der Waals surface area contributed by atoms with E-state index in [0.717, 1.165) is 90.4 Å². The van der Waals surface area contributed by atoms with E-state index in [4.69, 9.17) is 9.47 Å². The van der Waals surface area contributed by atoms with Crippen LogP contribution < -0.4 is 10.6 Å². The molecule has 0 bridgehead atoms. The highest BCUT2D eigenvalue weighted by Gasteiger charge is 2.28. The Morgan fingerprint density at radius 3 is 2.62 bits per heavy atom. The lowest BCUT2D eigenvalue weighted by Crippen LogP contribution is -2.41. The summed E-state index contributed by atoms with van der Waals surface area (Å²) in [6, 6.07) is 0. The number of nitrogens with zero attached hydrogens (tertiary/aromatic N) is 1. The summed E-state index contributed by atoms with van der Waals surface area (Å²) in [6.07, 6.45) is 8.40. The van der Waals surface area contributed by atoms with Crippen LogP contribution in [-0.4, -0.2) is 62.7 Å². The minimum absolute atomic E-state index is 0. The van der Waals surface area contributed by atoms with Crippen LogP contribution in [0.15, 0.2) is 4.99 Å². The molecule has 2 rings (SSSR count). The van der Waals surface area contributed by atoms with Crippen molar-refractivity contribution in [3.05, 3.63) is 0 Å². The minimum Gasteiger partial charge on any atom is -0.388 e. The molecular formula is C19H38IN3O3. The Balaban J connectivity index is 0.00000338. The van der Waals surface area contributed by atoms with Crippen molar-refractivity contribution in [2.75, 3.05) is 46.1 Å². The molecule has 2 fully saturated rings. The molecule has 2 aliphatic rings. The zero-order valence-corrected chi connectivity index (χ0v) is 18.6. The molecular weight excluding hydrogens is 445 g/mol. The molecule has 3 N–H and O–H groups in total. The number of guanidine groups is 1. The van der Waals surface area contributed by atoms with Crippen LogP contribution in [0.1, 0.15) is 58.3 Å². The Kier molecular flexibility index (Phi) is 12.8. The Bertz CT molecular complexity index is 384. The van der Waals surface area contributed by atoms with Crippen LogP contribution in [0.4, 0.5) is 0 Å². The minimum atomic E-state index is -0.604. The summed E-state index contributed by atoms with van der Waals surface area (Å²) in [5.74, 6) is 1.46. The summed E-state index contributed by atoms with van der Waals surface area (Å²) in [7, 11) is 0. The first-order chi connectivity index (χ1) is 12.2. The first-order valence-corrected chi connectivity index (χ1v) is 10.1. The molecule has 0 unspecified atom stereocenters. The molecule has 0 amide bonds. The van der Waals surface area contributed by atoms with E-state index < -0.39 is 5.60 Å². The number of rotatable bonds is 9. The smallest absolute Gasteiger partial charge is 0.191 e. The second-order valence-electron chi connectivity index (χ2n) is 7.39. The molecule has 0 aromatic rings. The van der Waals surface area contributed by atoms with Crippen LogP contribution in [0, 0.1) is 5.92 Å². The highest BCUT2D eigenvalue weighted by molar-refractivity contribution is 14.0. The number of hydrogen-bond acceptors (Lipinski definition) is 4. The van der Waals surface area contributed by atoms with Gasteiger partial charge in [-0.3, -0.25) is 4.99 Å². The van der Waals surface area contributed by atoms with E-state index in [2.05, 4.69) is 22.5 Å². The average molecular weight is 483 g/mol. The predicted octanol–water partition coefficient (Wildman–Crippen LogP) is 2.69. The van der Waals surface area contributed by atoms with Crippen LogP contribution in [0.3, 0.4) is 0 Å². The van der Waals surface area contributed by atoms with Gasteiger partial charge in [0.15, 0.2) is 5.96 Å². The number of aliphatic hydroxyl groups is 1. The van der Waals surface area contributed by atoms with E-state index in [1.165, 1.54) is 6.42 Å². The van der Waals surface area contributed by atoms with Gasteiger partial charge in [-0.15, -0.1) is 24.0 Å². The van der Waals surface area contributed by atoms with Crippen LogP contribution in [0.5, 0.6) is 0 Å². The van der Waals surface area contributed by atoms with Crippen LogP contribution in [-0.2, 0) is 9.47 Å². The van der Waals surface area contributed by atoms with Crippen LogP contribution >= 0.6 is 24.0 Å². The van der Waals surface area contributed by atoms with Crippen molar-refractivity contribution in [3.63, 3.8) is 0 Å². The highest BCUT2D eigenvalue weighted by Crippen LogP contribution is 2.28. The van der Waals surface area contributed by atoms with Crippen molar-refractivity contribution in [1.82, 2.24) is 10.6 Å². The van der Waals surface area contributed by atoms with Crippen LogP contribution in [0.25, 0.3) is 0 Å². The normalized spacial score (nSPS) is 21.1. The van der Waals surface area contributed by atoms with Gasteiger partial charge in [-0.2, -0.15) is 0 Å². The van der Waals surface area contributed by atoms with Crippen LogP contribution in [0.2, 0.25) is 0 Å². The van der Waals surface area contributed by atoms with Crippen molar-refractivity contribution in [1.29, 1.82) is 0 Å². The maximum atomic E-state index is 10.6. The van der Waals surface area contributed by atoms with Gasteiger partial charge >= 0.3 is 0 Å². The monoisotopic (exact) mass is 483 g/mol. The lowest BCUT2D eigenvalue weighted by molar-refractivity contribution is 0.0131. The third-order valence-corrected chi connectivity index (χ3v) is 5.11. The van der Waals surface area contributed by atoms with Gasteiger partial charge in [-0.1, -0.05) is 19.3 Å². The molecule has 1 aliphatic heterocycles. The van der Waals surface area contributed by atoms with Crippen molar-refractivity contribution in [2.24, 2.45) is 10.9 Å². The molecule has 1 aliphatic carbocycles. The number of aliphatic imine (C=N–C) groups is 1. The topological polar surface area (TPSA) is 75.1 Å². The summed E-state index contributed by atoms with van der Waals surface area (Å²) in [4.78, 5) is 4.59. The van der Waals surface area contributed by atoms with Gasteiger partial charge in [0, 0.05) is 39.5 Å². The molecule has 0 aromatic heterocycles. The number of nitrogens with one attached hydrogen (secondary N) is 2. The van der Waals surface area contributed by atoms with Crippen molar-refractivity contribution >= 4 is 29.9 Å². The Morgan fingerprint density at radius 1 is 1.19 bits per heavy atom. The zero-order valence-electron chi connectivity index (χ0n) is 16.3. The second kappa shape index (κ2) is 14.0. The number of ether oxygens (including phenoxy) is 2. The van der Waals surface area contributed by atoms with E-state index in [1.807, 2.05) is 0 Å². The lowest BCUT2D eigenvalue weighted by atomic mass is 9.85. The van der Waals surface area contributed by atoms with E-state index in [0.29, 0.717) is 12.5 Å². The molecule has 154 valence electrons. The summed E-state index contributed by atoms with van der Waals surface area (Å²) < 4.78 is 11.2. The van der Waals surface area contributed by atoms with Gasteiger partial charge in [-0.25, -0.2) is 0 Å². The fourth-order valence-electron chi connectivity index (χ4n) is 3.48. The van der Waals surface area contributed by atoms with Gasteiger partial charge in [0.05, 0.1) is 12.1 Å². The third kappa shape index (κ3) is 9.71. The molecule has 0 spiro atoms. The maximum absolute atomic E-state index is 10.6. The average Bonchev–Trinajstić information content (AvgIpc) is 2.64. The fraction of sp³-hybridized carbons (Fsp3) is 0.947. The van der Waals surface area contributed by atoms with Crippen molar-refractivity contribution in [2.45, 2.75) is 63.9 Å². The molecule has 7 heteroatoms. The summed E-state index contributed by atoms with van der Waals surface area (Å²) >= 11 is 0. The lowest BCUT2D eigenvalue weighted by Gasteiger charge is -2.30. The van der Waals surface area contributed by atoms with Gasteiger partial charge in [0.1, 0.15) is 0 Å². The third-order valence-electron chi connectivity index (χ3n) is 5.11. The fourth-order valence-corrected chi connectivity index (χ4v) is 3.48. The summed E-state index contributed by atoms with van der Waals surface area (Å²) in [5, 5.41) is 17.2. The first-order valence-electron chi connectivity index (χ1n) is 10.1. The molecule has 6 nitrogen and oxygen atoms in total. The van der Waals surface area contributed by atoms with E-state index >= 15 is 0 Å². The maximum Gasteiger partial charge on any atom is 0.191 e. The SMILES string of the molecule is CCNC(=NCC1(O)CCCCC1)NCCCOCC1CCOCC1.I. The zero-order chi connectivity index (χ0) is 17.8. The Morgan fingerprint density at radius 2 is 1.92 bits per heavy atom. The van der Waals surface area contributed by atoms with E-state index in [-0.39, 0.29) is 24.0 Å². The van der Waals surface area contributed by atoms with E-state index in [1.54, 1.807) is 0 Å². The number of hydrogen-bond donors (Lipinski definition) is 3. The molecule has 1 heterocycles. The summed E-state index contributed by atoms with van der Waals surface area (Å²) in [6.45, 7) is 7.59. The molecule has 26 heavy (non-hydrogen) atoms. The van der Waals surface area contributed by atoms with Gasteiger partial charge < -0.3 is 25.2 Å². The molecule has 0 radical (unpaired) electrons. The molecule has 1 saturated heterocycles. The largest absolute Gasteiger partial charge is 0.388 e.